The van der Waals surface area contributed by atoms with Gasteiger partial charge in [-0.2, -0.15) is 0 Å². The van der Waals surface area contributed by atoms with Crippen LogP contribution in [-0.4, -0.2) is 19.2 Å². The molecule has 1 heterocycles. The molecule has 0 radical (unpaired) electrons. The van der Waals surface area contributed by atoms with Gasteiger partial charge < -0.3 is 4.74 Å². The normalized spacial score (nSPS) is 15.8. The topological polar surface area (TPSA) is 29.5 Å². The smallest absolute Gasteiger partial charge is 0.414 e. The average Bonchev–Trinajstić information content (AvgIpc) is 2.65. The lowest BCUT2D eigenvalue weighted by Gasteiger charge is -2.16. The van der Waals surface area contributed by atoms with Crippen LogP contribution in [0.15, 0.2) is 18.2 Å². The van der Waals surface area contributed by atoms with E-state index in [-0.39, 0.29) is 5.82 Å². The lowest BCUT2D eigenvalue weighted by atomic mass is 10.0. The number of carbonyl (C=O) groups is 1. The number of cyclic esters (lactones) is 1. The molecule has 0 bridgehead atoms. The predicted molar refractivity (Wildman–Crippen MR) is 59.2 cm³/mol. The second kappa shape index (κ2) is 4.12. The standard InChI is InChI=1S/C12H14FNO2/c1-8(2)9-3-4-10(13)11(7-9)14-5-6-16-12(14)15/h3-4,7-8H,5-6H2,1-2H3. The molecule has 1 saturated heterocycles. The number of anilines is 1. The second-order valence-electron chi connectivity index (χ2n) is 4.13. The van der Waals surface area contributed by atoms with Gasteiger partial charge in [-0.05, 0) is 23.6 Å². The molecule has 0 unspecified atom stereocenters. The van der Waals surface area contributed by atoms with Gasteiger partial charge in [0.25, 0.3) is 0 Å². The van der Waals surface area contributed by atoms with Gasteiger partial charge in [-0.25, -0.2) is 9.18 Å². The molecule has 86 valence electrons. The highest BCUT2D eigenvalue weighted by Gasteiger charge is 2.26. The minimum Gasteiger partial charge on any atom is -0.447 e. The fraction of sp³-hybridized carbons (Fsp3) is 0.417. The molecule has 16 heavy (non-hydrogen) atoms. The SMILES string of the molecule is CC(C)c1ccc(F)c(N2CCOC2=O)c1. The molecule has 1 aliphatic heterocycles. The second-order valence-corrected chi connectivity index (χ2v) is 4.13. The van der Waals surface area contributed by atoms with Gasteiger partial charge in [0.15, 0.2) is 0 Å². The summed E-state index contributed by atoms with van der Waals surface area (Å²) in [6, 6.07) is 4.85. The van der Waals surface area contributed by atoms with Crippen molar-refractivity contribution in [3.8, 4) is 0 Å². The van der Waals surface area contributed by atoms with E-state index in [0.717, 1.165) is 5.56 Å². The van der Waals surface area contributed by atoms with Crippen LogP contribution in [0.4, 0.5) is 14.9 Å². The first-order valence-corrected chi connectivity index (χ1v) is 5.33. The Balaban J connectivity index is 2.38. The Morgan fingerprint density at radius 2 is 2.19 bits per heavy atom. The number of nitrogens with zero attached hydrogens (tertiary/aromatic N) is 1. The van der Waals surface area contributed by atoms with E-state index in [0.29, 0.717) is 24.8 Å². The number of halogens is 1. The maximum Gasteiger partial charge on any atom is 0.414 e. The van der Waals surface area contributed by atoms with Crippen LogP contribution < -0.4 is 4.90 Å². The number of amides is 1. The molecule has 0 N–H and O–H groups in total. The van der Waals surface area contributed by atoms with E-state index >= 15 is 0 Å². The van der Waals surface area contributed by atoms with Gasteiger partial charge in [-0.3, -0.25) is 4.90 Å². The molecule has 1 aliphatic rings. The van der Waals surface area contributed by atoms with Crippen LogP contribution in [0.2, 0.25) is 0 Å². The number of carbonyl (C=O) groups excluding carboxylic acids is 1. The van der Waals surface area contributed by atoms with Gasteiger partial charge in [-0.1, -0.05) is 19.9 Å². The largest absolute Gasteiger partial charge is 0.447 e. The highest BCUT2D eigenvalue weighted by molar-refractivity contribution is 5.89. The lowest BCUT2D eigenvalue weighted by Crippen LogP contribution is -2.24. The molecule has 1 aromatic carbocycles. The fourth-order valence-corrected chi connectivity index (χ4v) is 1.71. The number of rotatable bonds is 2. The molecule has 2 rings (SSSR count). The van der Waals surface area contributed by atoms with Crippen molar-refractivity contribution in [1.82, 2.24) is 0 Å². The van der Waals surface area contributed by atoms with E-state index in [1.807, 2.05) is 13.8 Å². The van der Waals surface area contributed by atoms with Crippen molar-refractivity contribution in [3.63, 3.8) is 0 Å². The number of hydrogen-bond acceptors (Lipinski definition) is 2. The van der Waals surface area contributed by atoms with Gasteiger partial charge in [0.05, 0.1) is 12.2 Å². The summed E-state index contributed by atoms with van der Waals surface area (Å²) in [5.74, 6) is -0.0822. The van der Waals surface area contributed by atoms with Crippen LogP contribution in [0.1, 0.15) is 25.3 Å². The number of hydrogen-bond donors (Lipinski definition) is 0. The van der Waals surface area contributed by atoms with Crippen molar-refractivity contribution in [2.45, 2.75) is 19.8 Å². The highest BCUT2D eigenvalue weighted by Crippen LogP contribution is 2.26. The quantitative estimate of drug-likeness (QED) is 0.771. The average molecular weight is 223 g/mol. The van der Waals surface area contributed by atoms with Crippen LogP contribution in [-0.2, 0) is 4.74 Å². The molecule has 0 saturated carbocycles. The summed E-state index contributed by atoms with van der Waals surface area (Å²) in [6.07, 6.45) is -0.472. The van der Waals surface area contributed by atoms with Crippen LogP contribution >= 0.6 is 0 Å². The van der Waals surface area contributed by atoms with Crippen LogP contribution in [0.3, 0.4) is 0 Å². The third-order valence-electron chi connectivity index (χ3n) is 2.69. The number of benzene rings is 1. The summed E-state index contributed by atoms with van der Waals surface area (Å²) in [4.78, 5) is 12.7. The Kier molecular flexibility index (Phi) is 2.81. The van der Waals surface area contributed by atoms with Crippen molar-refractivity contribution in [2.24, 2.45) is 0 Å². The maximum atomic E-state index is 13.6. The van der Waals surface area contributed by atoms with E-state index < -0.39 is 6.09 Å². The maximum absolute atomic E-state index is 13.6. The Hall–Kier alpha value is -1.58. The van der Waals surface area contributed by atoms with Crippen LogP contribution in [0.5, 0.6) is 0 Å². The number of ether oxygens (including phenoxy) is 1. The van der Waals surface area contributed by atoms with Crippen LogP contribution in [0.25, 0.3) is 0 Å². The van der Waals surface area contributed by atoms with Gasteiger partial charge in [0.1, 0.15) is 12.4 Å². The van der Waals surface area contributed by atoms with Crippen molar-refractivity contribution < 1.29 is 13.9 Å². The summed E-state index contributed by atoms with van der Waals surface area (Å²) in [6.45, 7) is 4.79. The van der Waals surface area contributed by atoms with E-state index in [2.05, 4.69) is 0 Å². The van der Waals surface area contributed by atoms with Gasteiger partial charge >= 0.3 is 6.09 Å². The van der Waals surface area contributed by atoms with Crippen molar-refractivity contribution in [3.05, 3.63) is 29.6 Å². The van der Waals surface area contributed by atoms with Crippen molar-refractivity contribution >= 4 is 11.8 Å². The molecular formula is C12H14FNO2. The zero-order chi connectivity index (χ0) is 11.7. The van der Waals surface area contributed by atoms with Gasteiger partial charge in [0.2, 0.25) is 0 Å². The molecule has 1 fully saturated rings. The van der Waals surface area contributed by atoms with Crippen molar-refractivity contribution in [1.29, 1.82) is 0 Å². The molecule has 0 atom stereocenters. The van der Waals surface area contributed by atoms with E-state index in [1.165, 1.54) is 11.0 Å². The fourth-order valence-electron chi connectivity index (χ4n) is 1.71. The van der Waals surface area contributed by atoms with Crippen molar-refractivity contribution in [2.75, 3.05) is 18.1 Å². The molecule has 0 aliphatic carbocycles. The molecular weight excluding hydrogens is 209 g/mol. The Morgan fingerprint density at radius 1 is 1.44 bits per heavy atom. The Morgan fingerprint density at radius 3 is 2.75 bits per heavy atom. The summed E-state index contributed by atoms with van der Waals surface area (Å²) < 4.78 is 18.4. The summed E-state index contributed by atoms with van der Waals surface area (Å²) in [5.41, 5.74) is 1.32. The summed E-state index contributed by atoms with van der Waals surface area (Å²) in [5, 5.41) is 0. The molecule has 1 amide bonds. The zero-order valence-corrected chi connectivity index (χ0v) is 9.37. The molecule has 0 aromatic heterocycles. The molecule has 0 spiro atoms. The predicted octanol–water partition coefficient (Wildman–Crippen LogP) is 2.91. The van der Waals surface area contributed by atoms with E-state index in [4.69, 9.17) is 4.74 Å². The van der Waals surface area contributed by atoms with Gasteiger partial charge in [-0.15, -0.1) is 0 Å². The minimum atomic E-state index is -0.472. The lowest BCUT2D eigenvalue weighted by molar-refractivity contribution is 0.181. The Labute approximate surface area is 93.8 Å². The first kappa shape index (κ1) is 10.9. The molecule has 4 heteroatoms. The Bertz CT molecular complexity index is 417. The van der Waals surface area contributed by atoms with E-state index in [9.17, 15) is 9.18 Å². The molecule has 1 aromatic rings. The zero-order valence-electron chi connectivity index (χ0n) is 9.37. The first-order valence-electron chi connectivity index (χ1n) is 5.33. The summed E-state index contributed by atoms with van der Waals surface area (Å²) >= 11 is 0. The molecule has 3 nitrogen and oxygen atoms in total. The minimum absolute atomic E-state index is 0.304. The van der Waals surface area contributed by atoms with E-state index in [1.54, 1.807) is 12.1 Å². The third-order valence-corrected chi connectivity index (χ3v) is 2.69. The highest BCUT2D eigenvalue weighted by atomic mass is 19.1. The first-order chi connectivity index (χ1) is 7.59. The third kappa shape index (κ3) is 1.87. The van der Waals surface area contributed by atoms with Crippen LogP contribution in [0, 0.1) is 5.82 Å². The van der Waals surface area contributed by atoms with Gasteiger partial charge in [0, 0.05) is 0 Å². The summed E-state index contributed by atoms with van der Waals surface area (Å²) in [7, 11) is 0. The monoisotopic (exact) mass is 223 g/mol.